The lowest BCUT2D eigenvalue weighted by molar-refractivity contribution is -0.168. The average molecular weight is 461 g/mol. The fraction of sp³-hybridized carbons (Fsp3) is 0.654. The highest BCUT2D eigenvalue weighted by atomic mass is 16.6. The van der Waals surface area contributed by atoms with Crippen molar-refractivity contribution in [1.82, 2.24) is 10.6 Å². The van der Waals surface area contributed by atoms with Gasteiger partial charge in [-0.15, -0.1) is 0 Å². The van der Waals surface area contributed by atoms with Gasteiger partial charge in [-0.1, -0.05) is 56.4 Å². The van der Waals surface area contributed by atoms with Gasteiger partial charge < -0.3 is 20.1 Å². The van der Waals surface area contributed by atoms with Crippen LogP contribution in [0.3, 0.4) is 0 Å². The SMILES string of the molecule is CCOC(=O)C(Cc1ccccc1CNC(C)CC1CCCCC1)(NC(C)=O)C(=O)OCC. The largest absolute Gasteiger partial charge is 0.464 e. The summed E-state index contributed by atoms with van der Waals surface area (Å²) in [4.78, 5) is 38.0. The monoisotopic (exact) mass is 460 g/mol. The first-order valence-corrected chi connectivity index (χ1v) is 12.3. The highest BCUT2D eigenvalue weighted by Crippen LogP contribution is 2.27. The summed E-state index contributed by atoms with van der Waals surface area (Å²) < 4.78 is 10.4. The van der Waals surface area contributed by atoms with E-state index >= 15 is 0 Å². The minimum atomic E-state index is -1.93. The first-order valence-electron chi connectivity index (χ1n) is 12.3. The van der Waals surface area contributed by atoms with Crippen LogP contribution in [0.1, 0.15) is 77.3 Å². The van der Waals surface area contributed by atoms with Crippen LogP contribution in [0.2, 0.25) is 0 Å². The molecule has 0 aromatic heterocycles. The Morgan fingerprint density at radius 3 is 2.12 bits per heavy atom. The number of esters is 2. The van der Waals surface area contributed by atoms with Crippen molar-refractivity contribution in [3.05, 3.63) is 35.4 Å². The molecule has 0 heterocycles. The Morgan fingerprint density at radius 1 is 1.00 bits per heavy atom. The molecule has 1 aliphatic rings. The van der Waals surface area contributed by atoms with Crippen molar-refractivity contribution >= 4 is 17.8 Å². The van der Waals surface area contributed by atoms with E-state index in [2.05, 4.69) is 17.6 Å². The maximum absolute atomic E-state index is 13.0. The first-order chi connectivity index (χ1) is 15.8. The lowest BCUT2D eigenvalue weighted by Gasteiger charge is -2.30. The number of hydrogen-bond acceptors (Lipinski definition) is 6. The summed E-state index contributed by atoms with van der Waals surface area (Å²) in [7, 11) is 0. The van der Waals surface area contributed by atoms with Gasteiger partial charge in [0.15, 0.2) is 0 Å². The Balaban J connectivity index is 2.22. The van der Waals surface area contributed by atoms with Crippen LogP contribution in [0.5, 0.6) is 0 Å². The van der Waals surface area contributed by atoms with Crippen LogP contribution in [0.25, 0.3) is 0 Å². The molecule has 33 heavy (non-hydrogen) atoms. The number of nitrogens with one attached hydrogen (secondary N) is 2. The second-order valence-electron chi connectivity index (χ2n) is 8.99. The van der Waals surface area contributed by atoms with Gasteiger partial charge in [-0.2, -0.15) is 0 Å². The zero-order valence-electron chi connectivity index (χ0n) is 20.6. The molecule has 1 saturated carbocycles. The van der Waals surface area contributed by atoms with Crippen LogP contribution in [-0.4, -0.2) is 42.6 Å². The van der Waals surface area contributed by atoms with Crippen molar-refractivity contribution in [2.75, 3.05) is 13.2 Å². The molecule has 1 atom stereocenters. The Labute approximate surface area is 198 Å². The molecule has 0 spiro atoms. The third-order valence-electron chi connectivity index (χ3n) is 6.26. The molecule has 0 aliphatic heterocycles. The van der Waals surface area contributed by atoms with Gasteiger partial charge in [0.25, 0.3) is 0 Å². The topological polar surface area (TPSA) is 93.7 Å². The van der Waals surface area contributed by atoms with Crippen LogP contribution in [0.15, 0.2) is 24.3 Å². The highest BCUT2D eigenvalue weighted by molar-refractivity contribution is 6.08. The van der Waals surface area contributed by atoms with E-state index in [1.807, 2.05) is 24.3 Å². The number of carbonyl (C=O) groups is 3. The minimum Gasteiger partial charge on any atom is -0.464 e. The number of ether oxygens (including phenoxy) is 2. The van der Waals surface area contributed by atoms with E-state index < -0.39 is 23.4 Å². The Hall–Kier alpha value is -2.41. The maximum Gasteiger partial charge on any atom is 0.344 e. The summed E-state index contributed by atoms with van der Waals surface area (Å²) in [5.41, 5.74) is -0.178. The predicted octanol–water partition coefficient (Wildman–Crippen LogP) is 3.68. The molecule has 1 unspecified atom stereocenters. The standard InChI is InChI=1S/C26H40N2O5/c1-5-32-24(30)26(28-20(4)29,25(31)33-6-2)17-22-14-10-11-15-23(22)18-27-19(3)16-21-12-8-7-9-13-21/h10-11,14-15,19,21,27H,5-9,12-13,16-18H2,1-4H3,(H,28,29). The normalized spacial score (nSPS) is 15.5. The fourth-order valence-corrected chi connectivity index (χ4v) is 4.66. The summed E-state index contributed by atoms with van der Waals surface area (Å²) in [6, 6.07) is 8.00. The number of amides is 1. The summed E-state index contributed by atoms with van der Waals surface area (Å²) in [6.07, 6.45) is 7.72. The van der Waals surface area contributed by atoms with Crippen molar-refractivity contribution < 1.29 is 23.9 Å². The van der Waals surface area contributed by atoms with E-state index in [-0.39, 0.29) is 19.6 Å². The zero-order chi connectivity index (χ0) is 24.3. The van der Waals surface area contributed by atoms with Crippen molar-refractivity contribution in [2.45, 2.75) is 90.8 Å². The van der Waals surface area contributed by atoms with Gasteiger partial charge in [0.2, 0.25) is 11.4 Å². The Morgan fingerprint density at radius 2 is 1.58 bits per heavy atom. The molecule has 2 N–H and O–H groups in total. The van der Waals surface area contributed by atoms with Crippen molar-refractivity contribution in [3.8, 4) is 0 Å². The molecule has 7 nitrogen and oxygen atoms in total. The molecule has 7 heteroatoms. The lowest BCUT2D eigenvalue weighted by Crippen LogP contribution is -2.62. The van der Waals surface area contributed by atoms with E-state index in [0.29, 0.717) is 12.6 Å². The van der Waals surface area contributed by atoms with E-state index in [9.17, 15) is 14.4 Å². The van der Waals surface area contributed by atoms with E-state index in [0.717, 1.165) is 23.5 Å². The van der Waals surface area contributed by atoms with Gasteiger partial charge in [0.1, 0.15) is 0 Å². The number of rotatable bonds is 12. The minimum absolute atomic E-state index is 0.0426. The van der Waals surface area contributed by atoms with E-state index in [1.165, 1.54) is 39.0 Å². The van der Waals surface area contributed by atoms with Gasteiger partial charge in [-0.05, 0) is 44.2 Å². The Bertz CT molecular complexity index is 771. The molecule has 0 bridgehead atoms. The van der Waals surface area contributed by atoms with Crippen LogP contribution in [-0.2, 0) is 36.8 Å². The molecule has 0 saturated heterocycles. The summed E-state index contributed by atoms with van der Waals surface area (Å²) in [5.74, 6) is -1.36. The highest BCUT2D eigenvalue weighted by Gasteiger charge is 2.50. The summed E-state index contributed by atoms with van der Waals surface area (Å²) in [5, 5.41) is 6.15. The third kappa shape index (κ3) is 7.84. The van der Waals surface area contributed by atoms with Gasteiger partial charge in [-0.3, -0.25) is 4.79 Å². The van der Waals surface area contributed by atoms with Crippen LogP contribution in [0, 0.1) is 5.92 Å². The van der Waals surface area contributed by atoms with Gasteiger partial charge >= 0.3 is 11.9 Å². The van der Waals surface area contributed by atoms with Crippen LogP contribution >= 0.6 is 0 Å². The first kappa shape index (κ1) is 26.8. The third-order valence-corrected chi connectivity index (χ3v) is 6.26. The molecule has 1 aromatic rings. The molecule has 184 valence electrons. The van der Waals surface area contributed by atoms with Gasteiger partial charge in [0.05, 0.1) is 13.2 Å². The van der Waals surface area contributed by atoms with E-state index in [4.69, 9.17) is 9.47 Å². The lowest BCUT2D eigenvalue weighted by atomic mass is 9.85. The van der Waals surface area contributed by atoms with Crippen molar-refractivity contribution in [3.63, 3.8) is 0 Å². The number of carbonyl (C=O) groups excluding carboxylic acids is 3. The number of benzene rings is 1. The summed E-state index contributed by atoms with van der Waals surface area (Å²) >= 11 is 0. The fourth-order valence-electron chi connectivity index (χ4n) is 4.66. The molecule has 1 aliphatic carbocycles. The van der Waals surface area contributed by atoms with Crippen LogP contribution < -0.4 is 10.6 Å². The molecular weight excluding hydrogens is 420 g/mol. The predicted molar refractivity (Wildman–Crippen MR) is 127 cm³/mol. The van der Waals surface area contributed by atoms with E-state index in [1.54, 1.807) is 13.8 Å². The number of hydrogen-bond donors (Lipinski definition) is 2. The molecule has 2 rings (SSSR count). The second kappa shape index (κ2) is 13.3. The average Bonchev–Trinajstić information content (AvgIpc) is 2.78. The second-order valence-corrected chi connectivity index (χ2v) is 8.99. The van der Waals surface area contributed by atoms with Crippen molar-refractivity contribution in [2.24, 2.45) is 5.92 Å². The molecule has 0 radical (unpaired) electrons. The maximum atomic E-state index is 13.0. The van der Waals surface area contributed by atoms with Crippen molar-refractivity contribution in [1.29, 1.82) is 0 Å². The molecule has 1 aromatic carbocycles. The molecule has 1 fully saturated rings. The van der Waals surface area contributed by atoms with Gasteiger partial charge in [0, 0.05) is 25.9 Å². The van der Waals surface area contributed by atoms with Gasteiger partial charge in [-0.25, -0.2) is 9.59 Å². The molecule has 1 amide bonds. The molecular formula is C26H40N2O5. The zero-order valence-corrected chi connectivity index (χ0v) is 20.6. The van der Waals surface area contributed by atoms with Crippen LogP contribution in [0.4, 0.5) is 0 Å². The summed E-state index contributed by atoms with van der Waals surface area (Å²) in [6.45, 7) is 7.57. The smallest absolute Gasteiger partial charge is 0.344 e. The quantitative estimate of drug-likeness (QED) is 0.365. The Kier molecular flexibility index (Phi) is 10.8.